The first-order valence-corrected chi connectivity index (χ1v) is 7.96. The first-order chi connectivity index (χ1) is 12.0. The minimum atomic E-state index is -0.574. The minimum absolute atomic E-state index is 0.0366. The van der Waals surface area contributed by atoms with Crippen LogP contribution < -0.4 is 9.47 Å². The van der Waals surface area contributed by atoms with E-state index < -0.39 is 4.92 Å². The Bertz CT molecular complexity index is 836. The van der Waals surface area contributed by atoms with Crippen LogP contribution in [0.15, 0.2) is 36.4 Å². The summed E-state index contributed by atoms with van der Waals surface area (Å²) < 4.78 is 10.9. The van der Waals surface area contributed by atoms with E-state index >= 15 is 0 Å². The molecule has 1 heterocycles. The van der Waals surface area contributed by atoms with E-state index in [9.17, 15) is 14.9 Å². The van der Waals surface area contributed by atoms with Gasteiger partial charge in [0.15, 0.2) is 11.5 Å². The summed E-state index contributed by atoms with van der Waals surface area (Å²) in [6.45, 7) is 1.49. The van der Waals surface area contributed by atoms with E-state index in [1.165, 1.54) is 25.3 Å². The Kier molecular flexibility index (Phi) is 4.76. The molecule has 8 heteroatoms. The lowest BCUT2D eigenvalue weighted by atomic mass is 10.1. The number of nitrogens with zero attached hydrogens (tertiary/aromatic N) is 2. The van der Waals surface area contributed by atoms with E-state index in [1.807, 2.05) is 0 Å². The van der Waals surface area contributed by atoms with Crippen molar-refractivity contribution in [1.82, 2.24) is 4.90 Å². The van der Waals surface area contributed by atoms with Crippen LogP contribution in [0.1, 0.15) is 16.8 Å². The van der Waals surface area contributed by atoms with E-state index in [-0.39, 0.29) is 28.1 Å². The fraction of sp³-hybridized carbons (Fsp3) is 0.235. The quantitative estimate of drug-likeness (QED) is 0.595. The molecule has 1 fully saturated rings. The Labute approximate surface area is 148 Å². The molecule has 0 aliphatic carbocycles. The number of carbonyl (C=O) groups is 1. The van der Waals surface area contributed by atoms with Crippen LogP contribution in [0.5, 0.6) is 17.2 Å². The van der Waals surface area contributed by atoms with E-state index in [2.05, 4.69) is 0 Å². The van der Waals surface area contributed by atoms with Crippen LogP contribution in [-0.2, 0) is 0 Å². The van der Waals surface area contributed by atoms with E-state index in [1.54, 1.807) is 23.1 Å². The SMILES string of the molecule is COc1cc(C(=O)N2CCC2)ccc1Oc1ccc(Cl)cc1[N+](=O)[O-]. The summed E-state index contributed by atoms with van der Waals surface area (Å²) >= 11 is 5.80. The lowest BCUT2D eigenvalue weighted by Gasteiger charge is -2.31. The third kappa shape index (κ3) is 3.51. The van der Waals surface area contributed by atoms with E-state index in [0.717, 1.165) is 19.5 Å². The monoisotopic (exact) mass is 362 g/mol. The van der Waals surface area contributed by atoms with Crippen LogP contribution >= 0.6 is 11.6 Å². The number of likely N-dealkylation sites (tertiary alicyclic amines) is 1. The normalized spacial score (nSPS) is 13.1. The molecule has 2 aromatic carbocycles. The van der Waals surface area contributed by atoms with Gasteiger partial charge in [0.1, 0.15) is 0 Å². The number of halogens is 1. The van der Waals surface area contributed by atoms with Gasteiger partial charge in [-0.2, -0.15) is 0 Å². The average molecular weight is 363 g/mol. The summed E-state index contributed by atoms with van der Waals surface area (Å²) in [5, 5.41) is 11.4. The summed E-state index contributed by atoms with van der Waals surface area (Å²) in [4.78, 5) is 24.6. The minimum Gasteiger partial charge on any atom is -0.493 e. The maximum atomic E-state index is 12.3. The molecule has 0 N–H and O–H groups in total. The standard InChI is InChI=1S/C17H15ClN2O5/c1-24-16-9-11(17(21)19-7-2-8-19)3-5-15(16)25-14-6-4-12(18)10-13(14)20(22)23/h3-6,9-10H,2,7-8H2,1H3. The van der Waals surface area contributed by atoms with Gasteiger partial charge in [-0.1, -0.05) is 11.6 Å². The van der Waals surface area contributed by atoms with Gasteiger partial charge in [-0.15, -0.1) is 0 Å². The van der Waals surface area contributed by atoms with Crippen molar-refractivity contribution in [3.63, 3.8) is 0 Å². The molecule has 1 saturated heterocycles. The zero-order valence-corrected chi connectivity index (χ0v) is 14.2. The summed E-state index contributed by atoms with van der Waals surface area (Å²) in [5.41, 5.74) is 0.227. The Morgan fingerprint density at radius 3 is 2.48 bits per heavy atom. The molecule has 2 aromatic rings. The van der Waals surface area contributed by atoms with Crippen molar-refractivity contribution >= 4 is 23.2 Å². The van der Waals surface area contributed by atoms with Gasteiger partial charge >= 0.3 is 5.69 Å². The maximum absolute atomic E-state index is 12.3. The molecule has 1 aliphatic rings. The van der Waals surface area contributed by atoms with Gasteiger partial charge in [0.25, 0.3) is 5.91 Å². The van der Waals surface area contributed by atoms with Gasteiger partial charge in [-0.05, 0) is 36.8 Å². The highest BCUT2D eigenvalue weighted by Gasteiger charge is 2.23. The molecule has 130 valence electrons. The smallest absolute Gasteiger partial charge is 0.313 e. The van der Waals surface area contributed by atoms with Gasteiger partial charge in [-0.3, -0.25) is 14.9 Å². The first-order valence-electron chi connectivity index (χ1n) is 7.58. The molecule has 0 unspecified atom stereocenters. The fourth-order valence-corrected chi connectivity index (χ4v) is 2.59. The maximum Gasteiger partial charge on any atom is 0.313 e. The number of nitro benzene ring substituents is 1. The number of hydrogen-bond acceptors (Lipinski definition) is 5. The third-order valence-corrected chi connectivity index (χ3v) is 4.13. The van der Waals surface area contributed by atoms with Crippen LogP contribution in [0, 0.1) is 10.1 Å². The number of carbonyl (C=O) groups excluding carboxylic acids is 1. The van der Waals surface area contributed by atoms with Gasteiger partial charge in [0, 0.05) is 29.7 Å². The summed E-state index contributed by atoms with van der Waals surface area (Å²) in [7, 11) is 1.44. The van der Waals surface area contributed by atoms with Crippen molar-refractivity contribution in [1.29, 1.82) is 0 Å². The van der Waals surface area contributed by atoms with Crippen molar-refractivity contribution in [2.45, 2.75) is 6.42 Å². The molecule has 0 saturated carbocycles. The third-order valence-electron chi connectivity index (χ3n) is 3.89. The summed E-state index contributed by atoms with van der Waals surface area (Å²) in [6, 6.07) is 8.87. The zero-order valence-electron chi connectivity index (χ0n) is 13.4. The molecule has 7 nitrogen and oxygen atoms in total. The van der Waals surface area contributed by atoms with Crippen molar-refractivity contribution in [2.75, 3.05) is 20.2 Å². The second-order valence-corrected chi connectivity index (χ2v) is 5.92. The van der Waals surface area contributed by atoms with Crippen molar-refractivity contribution in [2.24, 2.45) is 0 Å². The molecule has 0 atom stereocenters. The molecule has 25 heavy (non-hydrogen) atoms. The van der Waals surface area contributed by atoms with Crippen molar-refractivity contribution < 1.29 is 19.2 Å². The molecule has 0 spiro atoms. The highest BCUT2D eigenvalue weighted by Crippen LogP contribution is 2.38. The fourth-order valence-electron chi connectivity index (χ4n) is 2.42. The van der Waals surface area contributed by atoms with Crippen LogP contribution in [0.4, 0.5) is 5.69 Å². The number of amides is 1. The number of ether oxygens (including phenoxy) is 2. The summed E-state index contributed by atoms with van der Waals surface area (Å²) in [5.74, 6) is 0.548. The van der Waals surface area contributed by atoms with Crippen LogP contribution in [-0.4, -0.2) is 35.9 Å². The number of methoxy groups -OCH3 is 1. The zero-order chi connectivity index (χ0) is 18.0. The van der Waals surface area contributed by atoms with Crippen LogP contribution in [0.2, 0.25) is 5.02 Å². The Morgan fingerprint density at radius 1 is 1.16 bits per heavy atom. The lowest BCUT2D eigenvalue weighted by molar-refractivity contribution is -0.385. The average Bonchev–Trinajstić information content (AvgIpc) is 2.54. The van der Waals surface area contributed by atoms with E-state index in [4.69, 9.17) is 21.1 Å². The summed E-state index contributed by atoms with van der Waals surface area (Å²) in [6.07, 6.45) is 1.00. The molecule has 0 aromatic heterocycles. The Balaban J connectivity index is 1.90. The van der Waals surface area contributed by atoms with Gasteiger partial charge in [-0.25, -0.2) is 0 Å². The molecular formula is C17H15ClN2O5. The lowest BCUT2D eigenvalue weighted by Crippen LogP contribution is -2.41. The molecular weight excluding hydrogens is 348 g/mol. The molecule has 0 radical (unpaired) electrons. The van der Waals surface area contributed by atoms with Crippen molar-refractivity contribution in [3.05, 3.63) is 57.1 Å². The number of hydrogen-bond donors (Lipinski definition) is 0. The second-order valence-electron chi connectivity index (χ2n) is 5.48. The first kappa shape index (κ1) is 17.0. The topological polar surface area (TPSA) is 81.9 Å². The number of nitro groups is 1. The Hall–Kier alpha value is -2.80. The van der Waals surface area contributed by atoms with Gasteiger partial charge in [0.2, 0.25) is 5.75 Å². The van der Waals surface area contributed by atoms with Gasteiger partial charge in [0.05, 0.1) is 12.0 Å². The van der Waals surface area contributed by atoms with Crippen LogP contribution in [0.25, 0.3) is 0 Å². The molecule has 1 amide bonds. The van der Waals surface area contributed by atoms with Gasteiger partial charge < -0.3 is 14.4 Å². The number of rotatable bonds is 5. The highest BCUT2D eigenvalue weighted by atomic mass is 35.5. The largest absolute Gasteiger partial charge is 0.493 e. The predicted molar refractivity (Wildman–Crippen MR) is 91.7 cm³/mol. The number of benzene rings is 2. The Morgan fingerprint density at radius 2 is 1.88 bits per heavy atom. The van der Waals surface area contributed by atoms with Crippen LogP contribution in [0.3, 0.4) is 0 Å². The van der Waals surface area contributed by atoms with Crippen molar-refractivity contribution in [3.8, 4) is 17.2 Å². The molecule has 3 rings (SSSR count). The molecule has 1 aliphatic heterocycles. The van der Waals surface area contributed by atoms with E-state index in [0.29, 0.717) is 11.3 Å². The molecule has 0 bridgehead atoms. The second kappa shape index (κ2) is 6.98. The highest BCUT2D eigenvalue weighted by molar-refractivity contribution is 6.30. The predicted octanol–water partition coefficient (Wildman–Crippen LogP) is 3.90.